The van der Waals surface area contributed by atoms with E-state index < -0.39 is 34.8 Å². The van der Waals surface area contributed by atoms with Crippen LogP contribution in [-0.2, 0) is 18.9 Å². The van der Waals surface area contributed by atoms with Crippen molar-refractivity contribution in [2.45, 2.75) is 24.7 Å². The number of benzene rings is 2. The number of amides is 1. The van der Waals surface area contributed by atoms with Gasteiger partial charge in [-0.25, -0.2) is 8.78 Å². The Morgan fingerprint density at radius 1 is 1.16 bits per heavy atom. The predicted molar refractivity (Wildman–Crippen MR) is 136 cm³/mol. The van der Waals surface area contributed by atoms with E-state index in [0.29, 0.717) is 22.2 Å². The van der Waals surface area contributed by atoms with E-state index in [1.54, 1.807) is 36.1 Å². The summed E-state index contributed by atoms with van der Waals surface area (Å²) in [5.41, 5.74) is 0.891. The van der Waals surface area contributed by atoms with Gasteiger partial charge in [-0.2, -0.15) is 10.4 Å². The van der Waals surface area contributed by atoms with Gasteiger partial charge in [0.15, 0.2) is 0 Å². The van der Waals surface area contributed by atoms with Crippen molar-refractivity contribution in [1.82, 2.24) is 19.7 Å². The number of rotatable bonds is 6. The molecule has 0 bridgehead atoms. The molecule has 1 aliphatic carbocycles. The molecule has 1 aliphatic heterocycles. The third-order valence-electron chi connectivity index (χ3n) is 7.23. The predicted octanol–water partition coefficient (Wildman–Crippen LogP) is 3.70. The molecule has 6 rings (SSSR count). The molecule has 38 heavy (non-hydrogen) atoms. The molecular weight excluding hydrogens is 486 g/mol. The molecule has 4 radical (unpaired) electrons. The highest BCUT2D eigenvalue weighted by Crippen LogP contribution is 2.46. The number of fused-ring (bicyclic) bond motifs is 2. The Morgan fingerprint density at radius 3 is 2.55 bits per heavy atom. The molecule has 11 heteroatoms. The molecule has 1 fully saturated rings. The van der Waals surface area contributed by atoms with Gasteiger partial charge in [0, 0.05) is 35.7 Å². The summed E-state index contributed by atoms with van der Waals surface area (Å²) < 4.78 is 38.3. The summed E-state index contributed by atoms with van der Waals surface area (Å²) in [5.74, 6) is -1.77. The first kappa shape index (κ1) is 24.2. The Kier molecular flexibility index (Phi) is 5.35. The van der Waals surface area contributed by atoms with Crippen molar-refractivity contribution in [2.24, 2.45) is 12.5 Å². The van der Waals surface area contributed by atoms with Crippen LogP contribution in [0.4, 0.5) is 8.78 Å². The number of nitrogens with zero attached hydrogens (tertiary/aromatic N) is 5. The molecule has 0 atom stereocenters. The zero-order chi connectivity index (χ0) is 26.8. The van der Waals surface area contributed by atoms with Gasteiger partial charge >= 0.3 is 0 Å². The molecule has 2 aliphatic rings. The van der Waals surface area contributed by atoms with Gasteiger partial charge in [-0.15, -0.1) is 0 Å². The molecule has 0 unspecified atom stereocenters. The largest absolute Gasteiger partial charge is 0.490 e. The fraction of sp³-hybridized carbons (Fsp3) is 0.259. The van der Waals surface area contributed by atoms with Crippen LogP contribution in [0.3, 0.4) is 0 Å². The van der Waals surface area contributed by atoms with Crippen molar-refractivity contribution in [3.05, 3.63) is 77.2 Å². The summed E-state index contributed by atoms with van der Waals surface area (Å²) in [7, 11) is 14.1. The zero-order valence-corrected chi connectivity index (χ0v) is 20.4. The maximum Gasteiger partial charge on any atom is 0.255 e. The number of aryl methyl sites for hydroxylation is 1. The van der Waals surface area contributed by atoms with Crippen molar-refractivity contribution in [3.63, 3.8) is 0 Å². The minimum Gasteiger partial charge on any atom is -0.490 e. The molecule has 0 saturated heterocycles. The lowest BCUT2D eigenvalue weighted by atomic mass is 9.59. The lowest BCUT2D eigenvalue weighted by Gasteiger charge is -2.33. The Balaban J connectivity index is 1.33. The van der Waals surface area contributed by atoms with Crippen LogP contribution in [0.2, 0.25) is 0 Å². The summed E-state index contributed by atoms with van der Waals surface area (Å²) in [6.45, 7) is -0.222. The average Bonchev–Trinajstić information content (AvgIpc) is 3.52. The van der Waals surface area contributed by atoms with Gasteiger partial charge in [-0.05, 0) is 60.4 Å². The van der Waals surface area contributed by atoms with Gasteiger partial charge in [0.05, 0.1) is 45.0 Å². The Hall–Kier alpha value is -4.19. The van der Waals surface area contributed by atoms with Gasteiger partial charge in [0.1, 0.15) is 29.5 Å². The van der Waals surface area contributed by atoms with E-state index in [4.69, 9.17) is 20.4 Å². The molecule has 184 valence electrons. The van der Waals surface area contributed by atoms with Gasteiger partial charge in [0.2, 0.25) is 0 Å². The minimum absolute atomic E-state index is 0.145. The van der Waals surface area contributed by atoms with Crippen molar-refractivity contribution < 1.29 is 18.3 Å². The molecule has 2 aromatic carbocycles. The molecule has 2 aromatic heterocycles. The number of hydrogen-bond donors (Lipinski definition) is 0. The smallest absolute Gasteiger partial charge is 0.255 e. The van der Waals surface area contributed by atoms with Crippen LogP contribution in [0.25, 0.3) is 22.0 Å². The molecular formula is C27H19B2F2N5O2. The van der Waals surface area contributed by atoms with E-state index in [1.807, 2.05) is 0 Å². The van der Waals surface area contributed by atoms with E-state index in [2.05, 4.69) is 16.2 Å². The number of ether oxygens (including phenoxy) is 1. The highest BCUT2D eigenvalue weighted by Gasteiger charge is 2.45. The number of halogens is 2. The van der Waals surface area contributed by atoms with E-state index >= 15 is 8.78 Å². The molecule has 1 saturated carbocycles. The molecule has 3 heterocycles. The Bertz CT molecular complexity index is 1650. The van der Waals surface area contributed by atoms with Crippen LogP contribution in [0.1, 0.15) is 34.5 Å². The van der Waals surface area contributed by atoms with Crippen molar-refractivity contribution >= 4 is 32.5 Å². The highest BCUT2D eigenvalue weighted by atomic mass is 19.1. The first-order valence-corrected chi connectivity index (χ1v) is 12.0. The maximum atomic E-state index is 15.4. The number of carbonyl (C=O) groups is 1. The first-order chi connectivity index (χ1) is 18.1. The average molecular weight is 505 g/mol. The molecule has 0 N–H and O–H groups in total. The van der Waals surface area contributed by atoms with Crippen LogP contribution >= 0.6 is 0 Å². The van der Waals surface area contributed by atoms with Gasteiger partial charge in [-0.3, -0.25) is 14.5 Å². The summed E-state index contributed by atoms with van der Waals surface area (Å²) in [5, 5.41) is 12.6. The van der Waals surface area contributed by atoms with Crippen LogP contribution < -0.4 is 4.74 Å². The normalized spacial score (nSPS) is 16.9. The Morgan fingerprint density at radius 2 is 1.89 bits per heavy atom. The summed E-state index contributed by atoms with van der Waals surface area (Å²) in [6.07, 6.45) is 4.77. The van der Waals surface area contributed by atoms with Crippen LogP contribution in [0.15, 0.2) is 48.8 Å². The van der Waals surface area contributed by atoms with Gasteiger partial charge in [0.25, 0.3) is 5.91 Å². The van der Waals surface area contributed by atoms with Crippen molar-refractivity contribution in [3.8, 4) is 22.9 Å². The standard InChI is InChI=1S/C27H19B2F2N5O2/c1-35-11-18-16(4-5-22(23(18)34-35)38-14-26(13-32)6-7-26)15-9-20(30)19(21(31)10-15)12-36-25(37)17-3-2-8-33-24(17)27(36,28)29/h2-5,8-11H,6-7,12,14H2,1H3. The lowest BCUT2D eigenvalue weighted by Crippen LogP contribution is -2.45. The molecule has 7 nitrogen and oxygen atoms in total. The van der Waals surface area contributed by atoms with E-state index in [0.717, 1.165) is 17.7 Å². The van der Waals surface area contributed by atoms with Gasteiger partial charge in [-0.1, -0.05) is 0 Å². The van der Waals surface area contributed by atoms with Crippen LogP contribution in [0.5, 0.6) is 5.75 Å². The topological polar surface area (TPSA) is 84.0 Å². The summed E-state index contributed by atoms with van der Waals surface area (Å²) in [6, 6.07) is 11.2. The zero-order valence-electron chi connectivity index (χ0n) is 20.4. The first-order valence-electron chi connectivity index (χ1n) is 12.0. The van der Waals surface area contributed by atoms with Crippen LogP contribution in [-0.4, -0.2) is 47.9 Å². The van der Waals surface area contributed by atoms with Crippen LogP contribution in [0, 0.1) is 28.4 Å². The number of hydrogen-bond acceptors (Lipinski definition) is 5. The van der Waals surface area contributed by atoms with Gasteiger partial charge < -0.3 is 9.64 Å². The minimum atomic E-state index is -1.81. The third kappa shape index (κ3) is 3.74. The number of aromatic nitrogens is 3. The second kappa shape index (κ2) is 8.42. The fourth-order valence-corrected chi connectivity index (χ4v) is 4.83. The maximum absolute atomic E-state index is 15.4. The molecule has 0 spiro atoms. The monoisotopic (exact) mass is 505 g/mol. The third-order valence-corrected chi connectivity index (χ3v) is 7.23. The van der Waals surface area contributed by atoms with Crippen molar-refractivity contribution in [2.75, 3.05) is 6.61 Å². The summed E-state index contributed by atoms with van der Waals surface area (Å²) in [4.78, 5) is 18.0. The van der Waals surface area contributed by atoms with Crippen molar-refractivity contribution in [1.29, 1.82) is 5.26 Å². The fourth-order valence-electron chi connectivity index (χ4n) is 4.83. The van der Waals surface area contributed by atoms with E-state index in [9.17, 15) is 10.1 Å². The number of nitriles is 1. The molecule has 4 aromatic rings. The quantitative estimate of drug-likeness (QED) is 0.374. The highest BCUT2D eigenvalue weighted by molar-refractivity contribution is 6.42. The van der Waals surface area contributed by atoms with E-state index in [-0.39, 0.29) is 29.0 Å². The lowest BCUT2D eigenvalue weighted by molar-refractivity contribution is 0.0727. The Labute approximate surface area is 219 Å². The molecule has 1 amide bonds. The number of pyridine rings is 1. The number of carbonyl (C=O) groups excluding carboxylic acids is 1. The second-order valence-electron chi connectivity index (χ2n) is 9.89. The SMILES string of the molecule is [B]C1([B])c2ncccc2C(=O)N1Cc1c(F)cc(-c2ccc(OCC3(C#N)CC3)c3nn(C)cc23)cc1F. The summed E-state index contributed by atoms with van der Waals surface area (Å²) >= 11 is 0. The second-order valence-corrected chi connectivity index (χ2v) is 9.89. The van der Waals surface area contributed by atoms with E-state index in [1.165, 1.54) is 24.4 Å².